The van der Waals surface area contributed by atoms with Crippen LogP contribution in [-0.4, -0.2) is 74.9 Å². The highest BCUT2D eigenvalue weighted by atomic mass is 35.5. The summed E-state index contributed by atoms with van der Waals surface area (Å²) in [6, 6.07) is 9.01. The molecule has 0 amide bonds. The van der Waals surface area contributed by atoms with Crippen molar-refractivity contribution in [1.82, 2.24) is 9.80 Å². The first kappa shape index (κ1) is 20.5. The molecule has 0 bridgehead atoms. The van der Waals surface area contributed by atoms with Gasteiger partial charge in [0.1, 0.15) is 0 Å². The number of hydrogen-bond donors (Lipinski definition) is 0. The van der Waals surface area contributed by atoms with E-state index < -0.39 is 0 Å². The van der Waals surface area contributed by atoms with Gasteiger partial charge in [0.15, 0.2) is 0 Å². The first-order chi connectivity index (χ1) is 13.8. The number of benzene rings is 1. The van der Waals surface area contributed by atoms with Gasteiger partial charge in [-0.15, -0.1) is 0 Å². The van der Waals surface area contributed by atoms with Crippen molar-refractivity contribution in [3.05, 3.63) is 29.3 Å². The lowest BCUT2D eigenvalue weighted by atomic mass is 9.91. The highest BCUT2D eigenvalue weighted by Gasteiger charge is 2.32. The van der Waals surface area contributed by atoms with Gasteiger partial charge in [0, 0.05) is 56.1 Å². The van der Waals surface area contributed by atoms with E-state index in [9.17, 15) is 0 Å². The number of ether oxygens (including phenoxy) is 1. The third-order valence-electron chi connectivity index (χ3n) is 6.76. The smallest absolute Gasteiger partial charge is 0.0506 e. The van der Waals surface area contributed by atoms with E-state index in [0.717, 1.165) is 31.3 Å². The van der Waals surface area contributed by atoms with Crippen molar-refractivity contribution in [2.45, 2.75) is 44.6 Å². The van der Waals surface area contributed by atoms with Gasteiger partial charge in [-0.2, -0.15) is 0 Å². The van der Waals surface area contributed by atoms with Gasteiger partial charge in [-0.25, -0.2) is 0 Å². The van der Waals surface area contributed by atoms with Crippen LogP contribution in [-0.2, 0) is 4.74 Å². The average Bonchev–Trinajstić information content (AvgIpc) is 2.74. The molecule has 0 spiro atoms. The van der Waals surface area contributed by atoms with E-state index in [1.54, 1.807) is 0 Å². The Morgan fingerprint density at radius 2 is 1.75 bits per heavy atom. The van der Waals surface area contributed by atoms with Crippen LogP contribution < -0.4 is 4.90 Å². The van der Waals surface area contributed by atoms with Crippen molar-refractivity contribution in [2.75, 3.05) is 63.9 Å². The van der Waals surface area contributed by atoms with Gasteiger partial charge in [0.25, 0.3) is 0 Å². The zero-order valence-electron chi connectivity index (χ0n) is 17.2. The third-order valence-corrected chi connectivity index (χ3v) is 7.01. The maximum absolute atomic E-state index is 6.07. The molecule has 3 aliphatic rings. The lowest BCUT2D eigenvalue weighted by Gasteiger charge is -2.47. The first-order valence-electron chi connectivity index (χ1n) is 11.3. The second-order valence-corrected chi connectivity index (χ2v) is 9.28. The van der Waals surface area contributed by atoms with Crippen molar-refractivity contribution < 1.29 is 4.74 Å². The highest BCUT2D eigenvalue weighted by molar-refractivity contribution is 6.30. The van der Waals surface area contributed by atoms with E-state index in [4.69, 9.17) is 16.3 Å². The predicted molar refractivity (Wildman–Crippen MR) is 117 cm³/mol. The fourth-order valence-electron chi connectivity index (χ4n) is 5.10. The molecule has 3 aliphatic heterocycles. The molecule has 0 radical (unpaired) electrons. The second-order valence-electron chi connectivity index (χ2n) is 8.85. The zero-order chi connectivity index (χ0) is 19.2. The predicted octanol–water partition coefficient (Wildman–Crippen LogP) is 4.13. The van der Waals surface area contributed by atoms with Crippen molar-refractivity contribution >= 4 is 17.3 Å². The molecule has 3 heterocycles. The molecule has 156 valence electrons. The number of piperazine rings is 1. The van der Waals surface area contributed by atoms with E-state index in [0.29, 0.717) is 12.0 Å². The highest BCUT2D eigenvalue weighted by Crippen LogP contribution is 2.28. The summed E-state index contributed by atoms with van der Waals surface area (Å²) in [5.41, 5.74) is 1.31. The number of rotatable bonds is 7. The van der Waals surface area contributed by atoms with Crippen LogP contribution in [0.4, 0.5) is 5.69 Å². The quantitative estimate of drug-likeness (QED) is 0.634. The second kappa shape index (κ2) is 10.3. The van der Waals surface area contributed by atoms with E-state index in [2.05, 4.69) is 26.8 Å². The maximum atomic E-state index is 6.07. The van der Waals surface area contributed by atoms with Gasteiger partial charge in [-0.05, 0) is 75.4 Å². The van der Waals surface area contributed by atoms with Gasteiger partial charge in [0.05, 0.1) is 6.61 Å². The summed E-state index contributed by atoms with van der Waals surface area (Å²) >= 11 is 6.04. The molecule has 1 aromatic carbocycles. The summed E-state index contributed by atoms with van der Waals surface area (Å²) in [7, 11) is 0. The maximum Gasteiger partial charge on any atom is 0.0506 e. The summed E-state index contributed by atoms with van der Waals surface area (Å²) in [4.78, 5) is 7.84. The van der Waals surface area contributed by atoms with Crippen LogP contribution in [0.25, 0.3) is 0 Å². The standard InChI is InChI=1S/C23H36ClN3O/c24-21-6-9-22(10-7-21)27-15-14-26-17-20(5-8-23(26)18-27)19-28-16-4-13-25-11-2-1-3-12-25/h6-7,9-10,20,23H,1-5,8,11-19H2/t20-,23?/m1/s1. The molecular formula is C23H36ClN3O. The molecule has 1 unspecified atom stereocenters. The topological polar surface area (TPSA) is 19.0 Å². The fraction of sp³-hybridized carbons (Fsp3) is 0.739. The number of anilines is 1. The molecule has 0 aromatic heterocycles. The Labute approximate surface area is 175 Å². The summed E-state index contributed by atoms with van der Waals surface area (Å²) in [6.07, 6.45) is 7.98. The molecule has 4 rings (SSSR count). The Morgan fingerprint density at radius 3 is 2.57 bits per heavy atom. The van der Waals surface area contributed by atoms with Crippen molar-refractivity contribution in [3.8, 4) is 0 Å². The Balaban J connectivity index is 1.13. The van der Waals surface area contributed by atoms with E-state index in [1.807, 2.05) is 12.1 Å². The number of hydrogen-bond acceptors (Lipinski definition) is 4. The molecule has 1 aromatic rings. The summed E-state index contributed by atoms with van der Waals surface area (Å²) < 4.78 is 6.07. The molecule has 5 heteroatoms. The Hall–Kier alpha value is -0.810. The lowest BCUT2D eigenvalue weighted by Crippen LogP contribution is -2.57. The largest absolute Gasteiger partial charge is 0.381 e. The number of halogens is 1. The van der Waals surface area contributed by atoms with Gasteiger partial charge in [-0.3, -0.25) is 4.90 Å². The van der Waals surface area contributed by atoms with Crippen LogP contribution in [0.2, 0.25) is 5.02 Å². The number of piperidine rings is 2. The summed E-state index contributed by atoms with van der Waals surface area (Å²) in [6.45, 7) is 10.3. The van der Waals surface area contributed by atoms with Crippen LogP contribution in [0.3, 0.4) is 0 Å². The molecule has 3 fully saturated rings. The Morgan fingerprint density at radius 1 is 0.929 bits per heavy atom. The Kier molecular flexibility index (Phi) is 7.52. The minimum Gasteiger partial charge on any atom is -0.381 e. The molecule has 0 saturated carbocycles. The fourth-order valence-corrected chi connectivity index (χ4v) is 5.23. The van der Waals surface area contributed by atoms with Crippen LogP contribution in [0.1, 0.15) is 38.5 Å². The van der Waals surface area contributed by atoms with E-state index in [1.165, 1.54) is 76.9 Å². The summed E-state index contributed by atoms with van der Waals surface area (Å²) in [5, 5.41) is 0.818. The minimum atomic E-state index is 0.694. The third kappa shape index (κ3) is 5.63. The zero-order valence-corrected chi connectivity index (χ0v) is 18.0. The van der Waals surface area contributed by atoms with E-state index >= 15 is 0 Å². The molecule has 0 aliphatic carbocycles. The van der Waals surface area contributed by atoms with Gasteiger partial charge < -0.3 is 14.5 Å². The minimum absolute atomic E-state index is 0.694. The van der Waals surface area contributed by atoms with Crippen molar-refractivity contribution in [2.24, 2.45) is 5.92 Å². The van der Waals surface area contributed by atoms with Gasteiger partial charge >= 0.3 is 0 Å². The molecular weight excluding hydrogens is 370 g/mol. The lowest BCUT2D eigenvalue weighted by molar-refractivity contribution is 0.0307. The normalized spacial score (nSPS) is 27.0. The molecule has 0 N–H and O–H groups in total. The van der Waals surface area contributed by atoms with Crippen molar-refractivity contribution in [1.29, 1.82) is 0 Å². The number of nitrogens with zero attached hydrogens (tertiary/aromatic N) is 3. The molecule has 4 nitrogen and oxygen atoms in total. The van der Waals surface area contributed by atoms with Crippen LogP contribution >= 0.6 is 11.6 Å². The molecule has 2 atom stereocenters. The first-order valence-corrected chi connectivity index (χ1v) is 11.7. The van der Waals surface area contributed by atoms with Gasteiger partial charge in [-0.1, -0.05) is 18.0 Å². The van der Waals surface area contributed by atoms with Crippen molar-refractivity contribution in [3.63, 3.8) is 0 Å². The Bertz CT molecular complexity index is 590. The molecule has 28 heavy (non-hydrogen) atoms. The van der Waals surface area contributed by atoms with Crippen LogP contribution in [0, 0.1) is 5.92 Å². The number of fused-ring (bicyclic) bond motifs is 1. The van der Waals surface area contributed by atoms with Crippen LogP contribution in [0.15, 0.2) is 24.3 Å². The average molecular weight is 406 g/mol. The van der Waals surface area contributed by atoms with Crippen LogP contribution in [0.5, 0.6) is 0 Å². The summed E-state index contributed by atoms with van der Waals surface area (Å²) in [5.74, 6) is 0.716. The van der Waals surface area contributed by atoms with E-state index in [-0.39, 0.29) is 0 Å². The monoisotopic (exact) mass is 405 g/mol. The number of likely N-dealkylation sites (tertiary alicyclic amines) is 1. The molecule has 3 saturated heterocycles. The van der Waals surface area contributed by atoms with Gasteiger partial charge in [0.2, 0.25) is 0 Å². The SMILES string of the molecule is Clc1ccc(N2CCN3C[C@H](COCCCN4CCCCC4)CCC3C2)cc1.